The Balaban J connectivity index is 2.81. The molecule has 1 rings (SSSR count). The Bertz CT molecular complexity index is 255. The third-order valence-electron chi connectivity index (χ3n) is 2.01. The molecular formula is C9H14ClNS. The lowest BCUT2D eigenvalue weighted by Gasteiger charge is -2.21. The van der Waals surface area contributed by atoms with Gasteiger partial charge in [-0.15, -0.1) is 11.3 Å². The summed E-state index contributed by atoms with van der Waals surface area (Å²) >= 11 is 7.50. The standard InChI is InChI=1S/C9H14ClNS/c1-9(2,5-6-11)7-3-4-8(10)12-7/h3-4H,5-6,11H2,1-2H3. The summed E-state index contributed by atoms with van der Waals surface area (Å²) in [6, 6.07) is 4.03. The van der Waals surface area contributed by atoms with Crippen LogP contribution in [0.3, 0.4) is 0 Å². The van der Waals surface area contributed by atoms with Crippen LogP contribution >= 0.6 is 22.9 Å². The Morgan fingerprint density at radius 2 is 2.17 bits per heavy atom. The molecule has 0 aliphatic rings. The quantitative estimate of drug-likeness (QED) is 0.803. The number of hydrogen-bond acceptors (Lipinski definition) is 2. The van der Waals surface area contributed by atoms with Crippen LogP contribution in [0.4, 0.5) is 0 Å². The zero-order chi connectivity index (χ0) is 9.19. The average Bonchev–Trinajstić information content (AvgIpc) is 2.36. The van der Waals surface area contributed by atoms with E-state index in [0.717, 1.165) is 17.3 Å². The van der Waals surface area contributed by atoms with Gasteiger partial charge < -0.3 is 5.73 Å². The van der Waals surface area contributed by atoms with Crippen LogP contribution in [-0.4, -0.2) is 6.54 Å². The molecule has 0 saturated heterocycles. The normalized spacial score (nSPS) is 12.0. The van der Waals surface area contributed by atoms with Crippen molar-refractivity contribution < 1.29 is 0 Å². The van der Waals surface area contributed by atoms with E-state index in [1.54, 1.807) is 11.3 Å². The molecule has 0 unspecified atom stereocenters. The number of hydrogen-bond donors (Lipinski definition) is 1. The fourth-order valence-electron chi connectivity index (χ4n) is 1.16. The van der Waals surface area contributed by atoms with E-state index < -0.39 is 0 Å². The molecule has 0 spiro atoms. The van der Waals surface area contributed by atoms with Gasteiger partial charge in [0.1, 0.15) is 0 Å². The molecule has 1 heterocycles. The molecule has 3 heteroatoms. The molecule has 68 valence electrons. The zero-order valence-corrected chi connectivity index (χ0v) is 9.00. The van der Waals surface area contributed by atoms with Crippen molar-refractivity contribution >= 4 is 22.9 Å². The van der Waals surface area contributed by atoms with Crippen LogP contribution in [0.5, 0.6) is 0 Å². The Kier molecular flexibility index (Phi) is 3.16. The van der Waals surface area contributed by atoms with Gasteiger partial charge in [0, 0.05) is 10.3 Å². The lowest BCUT2D eigenvalue weighted by Crippen LogP contribution is -2.20. The lowest BCUT2D eigenvalue weighted by molar-refractivity contribution is 0.497. The predicted octanol–water partition coefficient (Wildman–Crippen LogP) is 3.03. The first-order valence-electron chi connectivity index (χ1n) is 4.02. The van der Waals surface area contributed by atoms with Crippen molar-refractivity contribution in [1.29, 1.82) is 0 Å². The van der Waals surface area contributed by atoms with E-state index in [9.17, 15) is 0 Å². The third-order valence-corrected chi connectivity index (χ3v) is 3.61. The first-order chi connectivity index (χ1) is 5.56. The highest BCUT2D eigenvalue weighted by atomic mass is 35.5. The summed E-state index contributed by atoms with van der Waals surface area (Å²) in [5, 5.41) is 0. The second-order valence-electron chi connectivity index (χ2n) is 3.53. The van der Waals surface area contributed by atoms with Gasteiger partial charge in [0.25, 0.3) is 0 Å². The summed E-state index contributed by atoms with van der Waals surface area (Å²) < 4.78 is 0.857. The predicted molar refractivity (Wildman–Crippen MR) is 56.0 cm³/mol. The van der Waals surface area contributed by atoms with Crippen molar-refractivity contribution in [2.75, 3.05) is 6.54 Å². The fraction of sp³-hybridized carbons (Fsp3) is 0.556. The molecule has 1 aromatic heterocycles. The van der Waals surface area contributed by atoms with E-state index in [-0.39, 0.29) is 5.41 Å². The van der Waals surface area contributed by atoms with Gasteiger partial charge in [-0.1, -0.05) is 25.4 Å². The highest BCUT2D eigenvalue weighted by molar-refractivity contribution is 7.16. The van der Waals surface area contributed by atoms with Crippen molar-refractivity contribution in [2.24, 2.45) is 5.73 Å². The summed E-state index contributed by atoms with van der Waals surface area (Å²) in [5.41, 5.74) is 5.70. The molecule has 2 N–H and O–H groups in total. The van der Waals surface area contributed by atoms with Crippen LogP contribution in [0.25, 0.3) is 0 Å². The van der Waals surface area contributed by atoms with Crippen LogP contribution < -0.4 is 5.73 Å². The van der Waals surface area contributed by atoms with E-state index in [1.807, 2.05) is 6.07 Å². The van der Waals surface area contributed by atoms with Crippen molar-refractivity contribution in [3.05, 3.63) is 21.3 Å². The summed E-state index contributed by atoms with van der Waals surface area (Å²) in [4.78, 5) is 1.32. The topological polar surface area (TPSA) is 26.0 Å². The van der Waals surface area contributed by atoms with E-state index in [0.29, 0.717) is 0 Å². The molecule has 0 aliphatic carbocycles. The Labute approximate surface area is 82.5 Å². The van der Waals surface area contributed by atoms with Crippen molar-refractivity contribution in [1.82, 2.24) is 0 Å². The minimum Gasteiger partial charge on any atom is -0.330 e. The van der Waals surface area contributed by atoms with Crippen molar-refractivity contribution in [2.45, 2.75) is 25.7 Å². The molecule has 0 atom stereocenters. The summed E-state index contributed by atoms with van der Waals surface area (Å²) in [5.74, 6) is 0. The van der Waals surface area contributed by atoms with E-state index >= 15 is 0 Å². The van der Waals surface area contributed by atoms with Crippen molar-refractivity contribution in [3.8, 4) is 0 Å². The summed E-state index contributed by atoms with van der Waals surface area (Å²) in [6.45, 7) is 5.12. The van der Waals surface area contributed by atoms with Gasteiger partial charge in [0.2, 0.25) is 0 Å². The Morgan fingerprint density at radius 1 is 1.50 bits per heavy atom. The first-order valence-corrected chi connectivity index (χ1v) is 5.21. The maximum absolute atomic E-state index is 5.85. The monoisotopic (exact) mass is 203 g/mol. The highest BCUT2D eigenvalue weighted by Crippen LogP contribution is 2.34. The fourth-order valence-corrected chi connectivity index (χ4v) is 2.34. The zero-order valence-electron chi connectivity index (χ0n) is 7.43. The maximum Gasteiger partial charge on any atom is 0.0931 e. The van der Waals surface area contributed by atoms with Gasteiger partial charge in [0.15, 0.2) is 0 Å². The van der Waals surface area contributed by atoms with Gasteiger partial charge in [-0.05, 0) is 25.1 Å². The first kappa shape index (κ1) is 10.0. The Hall–Kier alpha value is -0.0500. The molecule has 0 bridgehead atoms. The van der Waals surface area contributed by atoms with Crippen LogP contribution in [0.15, 0.2) is 12.1 Å². The lowest BCUT2D eigenvalue weighted by atomic mass is 9.88. The minimum absolute atomic E-state index is 0.173. The molecule has 12 heavy (non-hydrogen) atoms. The summed E-state index contributed by atoms with van der Waals surface area (Å²) in [6.07, 6.45) is 1.00. The van der Waals surface area contributed by atoms with E-state index in [1.165, 1.54) is 4.88 Å². The smallest absolute Gasteiger partial charge is 0.0931 e. The minimum atomic E-state index is 0.173. The largest absolute Gasteiger partial charge is 0.330 e. The van der Waals surface area contributed by atoms with E-state index in [2.05, 4.69) is 19.9 Å². The van der Waals surface area contributed by atoms with Crippen LogP contribution in [0, 0.1) is 0 Å². The number of thiophene rings is 1. The molecular weight excluding hydrogens is 190 g/mol. The molecule has 0 amide bonds. The van der Waals surface area contributed by atoms with Gasteiger partial charge in [-0.3, -0.25) is 0 Å². The second kappa shape index (κ2) is 3.77. The number of rotatable bonds is 3. The van der Waals surface area contributed by atoms with Gasteiger partial charge in [-0.25, -0.2) is 0 Å². The maximum atomic E-state index is 5.85. The molecule has 0 radical (unpaired) electrons. The highest BCUT2D eigenvalue weighted by Gasteiger charge is 2.21. The van der Waals surface area contributed by atoms with Crippen molar-refractivity contribution in [3.63, 3.8) is 0 Å². The van der Waals surface area contributed by atoms with Gasteiger partial charge in [-0.2, -0.15) is 0 Å². The molecule has 0 saturated carbocycles. The van der Waals surface area contributed by atoms with Crippen LogP contribution in [-0.2, 0) is 5.41 Å². The molecule has 0 aromatic carbocycles. The molecule has 0 fully saturated rings. The molecule has 1 aromatic rings. The van der Waals surface area contributed by atoms with E-state index in [4.69, 9.17) is 17.3 Å². The van der Waals surface area contributed by atoms with Gasteiger partial charge in [0.05, 0.1) is 4.34 Å². The number of nitrogens with two attached hydrogens (primary N) is 1. The van der Waals surface area contributed by atoms with Gasteiger partial charge >= 0.3 is 0 Å². The molecule has 0 aliphatic heterocycles. The Morgan fingerprint density at radius 3 is 2.58 bits per heavy atom. The number of halogens is 1. The summed E-state index contributed by atoms with van der Waals surface area (Å²) in [7, 11) is 0. The SMILES string of the molecule is CC(C)(CCN)c1ccc(Cl)s1. The van der Waals surface area contributed by atoms with Crippen LogP contribution in [0.1, 0.15) is 25.1 Å². The van der Waals surface area contributed by atoms with Crippen LogP contribution in [0.2, 0.25) is 4.34 Å². The second-order valence-corrected chi connectivity index (χ2v) is 5.24. The molecule has 1 nitrogen and oxygen atoms in total. The average molecular weight is 204 g/mol. The third kappa shape index (κ3) is 2.22.